The van der Waals surface area contributed by atoms with Crippen molar-refractivity contribution in [1.29, 1.82) is 0 Å². The summed E-state index contributed by atoms with van der Waals surface area (Å²) >= 11 is 0. The summed E-state index contributed by atoms with van der Waals surface area (Å²) in [6.45, 7) is 0. The Bertz CT molecular complexity index is 842. The number of carbonyl (C=O) groups excluding carboxylic acids is 1. The highest BCUT2D eigenvalue weighted by atomic mass is 16.1. The summed E-state index contributed by atoms with van der Waals surface area (Å²) in [6.07, 6.45) is 9.77. The zero-order valence-electron chi connectivity index (χ0n) is 13.7. The number of nitrogens with zero attached hydrogens (tertiary/aromatic N) is 2. The third kappa shape index (κ3) is 2.94. The van der Waals surface area contributed by atoms with E-state index in [0.717, 1.165) is 30.6 Å². The van der Waals surface area contributed by atoms with Gasteiger partial charge in [0.2, 0.25) is 5.91 Å². The van der Waals surface area contributed by atoms with Crippen molar-refractivity contribution < 1.29 is 4.79 Å². The molecule has 0 unspecified atom stereocenters. The number of aromatic amines is 1. The summed E-state index contributed by atoms with van der Waals surface area (Å²) in [7, 11) is 0. The lowest BCUT2D eigenvalue weighted by molar-refractivity contribution is -0.116. The van der Waals surface area contributed by atoms with Crippen LogP contribution in [0.5, 0.6) is 0 Å². The van der Waals surface area contributed by atoms with Crippen LogP contribution in [0.15, 0.2) is 42.7 Å². The van der Waals surface area contributed by atoms with Crippen molar-refractivity contribution in [3.8, 4) is 0 Å². The van der Waals surface area contributed by atoms with E-state index in [1.54, 1.807) is 6.20 Å². The van der Waals surface area contributed by atoms with Crippen LogP contribution in [0.4, 0.5) is 5.82 Å². The number of H-pyrrole nitrogens is 1. The second kappa shape index (κ2) is 6.51. The first-order valence-corrected chi connectivity index (χ1v) is 8.69. The Balaban J connectivity index is 1.40. The highest BCUT2D eigenvalue weighted by Crippen LogP contribution is 2.31. The second-order valence-electron chi connectivity index (χ2n) is 6.51. The minimum absolute atomic E-state index is 0.0417. The maximum atomic E-state index is 12.3. The number of fused-ring (bicyclic) bond motifs is 1. The molecule has 4 rings (SSSR count). The van der Waals surface area contributed by atoms with E-state index in [1.165, 1.54) is 23.8 Å². The highest BCUT2D eigenvalue weighted by Gasteiger charge is 2.20. The first-order chi connectivity index (χ1) is 11.8. The molecule has 0 radical (unpaired) electrons. The predicted molar refractivity (Wildman–Crippen MR) is 95.0 cm³/mol. The van der Waals surface area contributed by atoms with Gasteiger partial charge in [-0.05, 0) is 30.9 Å². The molecule has 1 aliphatic rings. The zero-order chi connectivity index (χ0) is 16.4. The summed E-state index contributed by atoms with van der Waals surface area (Å²) in [5, 5.41) is 8.62. The summed E-state index contributed by atoms with van der Waals surface area (Å²) in [4.78, 5) is 15.6. The Morgan fingerprint density at radius 3 is 2.96 bits per heavy atom. The van der Waals surface area contributed by atoms with Crippen molar-refractivity contribution >= 4 is 22.6 Å². The number of hydrogen-bond donors (Lipinski definition) is 2. The van der Waals surface area contributed by atoms with Crippen molar-refractivity contribution in [2.45, 2.75) is 44.6 Å². The Hall–Kier alpha value is -2.56. The summed E-state index contributed by atoms with van der Waals surface area (Å²) in [6, 6.07) is 10.5. The van der Waals surface area contributed by atoms with Gasteiger partial charge in [0.05, 0.1) is 12.2 Å². The molecule has 1 saturated carbocycles. The number of carbonyl (C=O) groups is 1. The molecule has 1 amide bonds. The van der Waals surface area contributed by atoms with Gasteiger partial charge in [-0.25, -0.2) is 4.68 Å². The van der Waals surface area contributed by atoms with E-state index in [0.29, 0.717) is 12.5 Å². The fraction of sp³-hybridized carbons (Fsp3) is 0.368. The molecule has 124 valence electrons. The van der Waals surface area contributed by atoms with Crippen LogP contribution < -0.4 is 5.32 Å². The minimum Gasteiger partial charge on any atom is -0.361 e. The Labute approximate surface area is 141 Å². The van der Waals surface area contributed by atoms with Gasteiger partial charge in [-0.15, -0.1) is 0 Å². The molecule has 2 N–H and O–H groups in total. The van der Waals surface area contributed by atoms with Crippen LogP contribution in [0.3, 0.4) is 0 Å². The van der Waals surface area contributed by atoms with E-state index >= 15 is 0 Å². The van der Waals surface area contributed by atoms with E-state index in [9.17, 15) is 4.79 Å². The molecular weight excluding hydrogens is 300 g/mol. The number of amides is 1. The molecular formula is C19H22N4O. The summed E-state index contributed by atoms with van der Waals surface area (Å²) in [5.74, 6) is 0.867. The summed E-state index contributed by atoms with van der Waals surface area (Å²) in [5.41, 5.74) is 2.30. The first-order valence-electron chi connectivity index (χ1n) is 8.69. The Kier molecular flexibility index (Phi) is 4.07. The normalized spacial score (nSPS) is 15.2. The standard InChI is InChI=1S/C19H22N4O/c24-19(10-9-14-13-20-17-8-4-3-7-16(14)17)22-18-11-12-21-23(18)15-5-1-2-6-15/h3-4,7-8,11-13,15,20H,1-2,5-6,9-10H2,(H,22,24). The van der Waals surface area contributed by atoms with Gasteiger partial charge in [-0.2, -0.15) is 5.10 Å². The fourth-order valence-corrected chi connectivity index (χ4v) is 3.65. The lowest BCUT2D eigenvalue weighted by Gasteiger charge is -2.14. The zero-order valence-corrected chi connectivity index (χ0v) is 13.7. The number of nitrogens with one attached hydrogen (secondary N) is 2. The highest BCUT2D eigenvalue weighted by molar-refractivity contribution is 5.90. The quantitative estimate of drug-likeness (QED) is 0.744. The van der Waals surface area contributed by atoms with Gasteiger partial charge < -0.3 is 10.3 Å². The molecule has 2 aromatic heterocycles. The molecule has 2 heterocycles. The van der Waals surface area contributed by atoms with Crippen LogP contribution in [0.2, 0.25) is 0 Å². The fourth-order valence-electron chi connectivity index (χ4n) is 3.65. The lowest BCUT2D eigenvalue weighted by atomic mass is 10.1. The van der Waals surface area contributed by atoms with E-state index in [-0.39, 0.29) is 5.91 Å². The first kappa shape index (κ1) is 15.0. The second-order valence-corrected chi connectivity index (χ2v) is 6.51. The van der Waals surface area contributed by atoms with Gasteiger partial charge in [0.1, 0.15) is 5.82 Å². The number of hydrogen-bond acceptors (Lipinski definition) is 2. The van der Waals surface area contributed by atoms with Gasteiger partial charge >= 0.3 is 0 Å². The van der Waals surface area contributed by atoms with Crippen LogP contribution in [0.25, 0.3) is 10.9 Å². The number of benzene rings is 1. The van der Waals surface area contributed by atoms with E-state index in [4.69, 9.17) is 0 Å². The van der Waals surface area contributed by atoms with Gasteiger partial charge in [0, 0.05) is 29.6 Å². The topological polar surface area (TPSA) is 62.7 Å². The molecule has 3 aromatic rings. The van der Waals surface area contributed by atoms with Crippen LogP contribution in [-0.2, 0) is 11.2 Å². The smallest absolute Gasteiger partial charge is 0.225 e. The SMILES string of the molecule is O=C(CCc1c[nH]c2ccccc12)Nc1ccnn1C1CCCC1. The number of aromatic nitrogens is 3. The predicted octanol–water partition coefficient (Wildman–Crippen LogP) is 4.05. The largest absolute Gasteiger partial charge is 0.361 e. The molecule has 1 aromatic carbocycles. The average molecular weight is 322 g/mol. The van der Waals surface area contributed by atoms with Gasteiger partial charge in [0.25, 0.3) is 0 Å². The molecule has 0 aliphatic heterocycles. The van der Waals surface area contributed by atoms with Gasteiger partial charge in [0.15, 0.2) is 0 Å². The molecule has 0 spiro atoms. The molecule has 5 nitrogen and oxygen atoms in total. The minimum atomic E-state index is 0.0417. The third-order valence-electron chi connectivity index (χ3n) is 4.90. The van der Waals surface area contributed by atoms with Crippen LogP contribution in [0, 0.1) is 0 Å². The van der Waals surface area contributed by atoms with Crippen molar-refractivity contribution in [1.82, 2.24) is 14.8 Å². The van der Waals surface area contributed by atoms with Crippen LogP contribution in [0.1, 0.15) is 43.7 Å². The molecule has 0 saturated heterocycles. The van der Waals surface area contributed by atoms with E-state index in [1.807, 2.05) is 29.1 Å². The van der Waals surface area contributed by atoms with Gasteiger partial charge in [-0.1, -0.05) is 31.0 Å². The number of para-hydroxylation sites is 1. The monoisotopic (exact) mass is 322 g/mol. The summed E-state index contributed by atoms with van der Waals surface area (Å²) < 4.78 is 1.98. The molecule has 1 fully saturated rings. The Morgan fingerprint density at radius 2 is 2.08 bits per heavy atom. The number of rotatable bonds is 5. The van der Waals surface area contributed by atoms with Crippen LogP contribution in [-0.4, -0.2) is 20.7 Å². The maximum absolute atomic E-state index is 12.3. The molecule has 1 aliphatic carbocycles. The van der Waals surface area contributed by atoms with Crippen LogP contribution >= 0.6 is 0 Å². The maximum Gasteiger partial charge on any atom is 0.225 e. The Morgan fingerprint density at radius 1 is 1.25 bits per heavy atom. The van der Waals surface area contributed by atoms with Crippen molar-refractivity contribution in [3.63, 3.8) is 0 Å². The van der Waals surface area contributed by atoms with Crippen molar-refractivity contribution in [2.75, 3.05) is 5.32 Å². The van der Waals surface area contributed by atoms with E-state index in [2.05, 4.69) is 27.5 Å². The van der Waals surface area contributed by atoms with Crippen molar-refractivity contribution in [3.05, 3.63) is 48.3 Å². The molecule has 0 atom stereocenters. The number of anilines is 1. The molecule has 5 heteroatoms. The van der Waals surface area contributed by atoms with Crippen molar-refractivity contribution in [2.24, 2.45) is 0 Å². The average Bonchev–Trinajstić information content (AvgIpc) is 3.33. The van der Waals surface area contributed by atoms with E-state index < -0.39 is 0 Å². The third-order valence-corrected chi connectivity index (χ3v) is 4.90. The lowest BCUT2D eigenvalue weighted by Crippen LogP contribution is -2.17. The molecule has 0 bridgehead atoms. The van der Waals surface area contributed by atoms with Gasteiger partial charge in [-0.3, -0.25) is 4.79 Å². The molecule has 24 heavy (non-hydrogen) atoms. The number of aryl methyl sites for hydroxylation is 1.